The van der Waals surface area contributed by atoms with Gasteiger partial charge in [0.1, 0.15) is 17.8 Å². The number of piperazine rings is 1. The summed E-state index contributed by atoms with van der Waals surface area (Å²) in [5, 5.41) is 2.77. The van der Waals surface area contributed by atoms with Crippen LogP contribution in [0.15, 0.2) is 24.3 Å². The van der Waals surface area contributed by atoms with Gasteiger partial charge >= 0.3 is 6.03 Å². The van der Waals surface area contributed by atoms with Gasteiger partial charge in [-0.25, -0.2) is 4.79 Å². The number of imide groups is 1. The number of benzene rings is 1. The monoisotopic (exact) mass is 402 g/mol. The molecule has 3 rings (SSSR count). The normalized spacial score (nSPS) is 18.8. The maximum atomic E-state index is 12.8. The van der Waals surface area contributed by atoms with E-state index in [-0.39, 0.29) is 18.4 Å². The molecule has 2 heterocycles. The van der Waals surface area contributed by atoms with Crippen LogP contribution in [0, 0.1) is 0 Å². The number of urea groups is 1. The number of hydrogen-bond donors (Lipinski definition) is 1. The standard InChI is InChI=1S/C21H30N4O4/c1-4-21(5-2)19(27)25(20(28)22-21)15-18(26)24-13-11-23(12-14-24)16-9-7-8-10-17(16)29-6-3/h7-10H,4-6,11-15H2,1-3H3,(H,22,28). The molecule has 2 aliphatic heterocycles. The lowest BCUT2D eigenvalue weighted by Crippen LogP contribution is -2.52. The van der Waals surface area contributed by atoms with Gasteiger partial charge in [-0.3, -0.25) is 14.5 Å². The van der Waals surface area contributed by atoms with Gasteiger partial charge in [0.15, 0.2) is 0 Å². The van der Waals surface area contributed by atoms with Crippen LogP contribution in [0.25, 0.3) is 0 Å². The van der Waals surface area contributed by atoms with E-state index < -0.39 is 11.6 Å². The molecular formula is C21H30N4O4. The molecule has 0 saturated carbocycles. The molecule has 8 heteroatoms. The summed E-state index contributed by atoms with van der Waals surface area (Å²) in [5.74, 6) is 0.337. The van der Waals surface area contributed by atoms with Gasteiger partial charge in [-0.1, -0.05) is 26.0 Å². The van der Waals surface area contributed by atoms with Gasteiger partial charge < -0.3 is 19.9 Å². The number of anilines is 1. The third-order valence-corrected chi connectivity index (χ3v) is 5.88. The molecule has 0 aliphatic carbocycles. The van der Waals surface area contributed by atoms with Crippen LogP contribution in [-0.2, 0) is 9.59 Å². The molecule has 0 atom stereocenters. The van der Waals surface area contributed by atoms with E-state index in [9.17, 15) is 14.4 Å². The quantitative estimate of drug-likeness (QED) is 0.704. The predicted molar refractivity (Wildman–Crippen MR) is 110 cm³/mol. The maximum absolute atomic E-state index is 12.8. The van der Waals surface area contributed by atoms with Crippen molar-refractivity contribution in [2.45, 2.75) is 39.2 Å². The Kier molecular flexibility index (Phi) is 6.30. The average Bonchev–Trinajstić information content (AvgIpc) is 2.99. The Balaban J connectivity index is 1.60. The fourth-order valence-corrected chi connectivity index (χ4v) is 3.98. The summed E-state index contributed by atoms with van der Waals surface area (Å²) in [6.07, 6.45) is 1.02. The van der Waals surface area contributed by atoms with Crippen LogP contribution in [0.5, 0.6) is 5.75 Å². The van der Waals surface area contributed by atoms with Crippen LogP contribution in [0.4, 0.5) is 10.5 Å². The van der Waals surface area contributed by atoms with Crippen molar-refractivity contribution >= 4 is 23.5 Å². The van der Waals surface area contributed by atoms with Gasteiger partial charge in [-0.2, -0.15) is 0 Å². The molecule has 4 amide bonds. The number of para-hydroxylation sites is 2. The first-order valence-corrected chi connectivity index (χ1v) is 10.3. The average molecular weight is 402 g/mol. The van der Waals surface area contributed by atoms with Crippen molar-refractivity contribution in [1.29, 1.82) is 0 Å². The molecule has 0 unspecified atom stereocenters. The fourth-order valence-electron chi connectivity index (χ4n) is 3.98. The molecule has 0 radical (unpaired) electrons. The Hall–Kier alpha value is -2.77. The topological polar surface area (TPSA) is 82.2 Å². The lowest BCUT2D eigenvalue weighted by atomic mass is 9.93. The van der Waals surface area contributed by atoms with Crippen LogP contribution < -0.4 is 15.0 Å². The number of ether oxygens (including phenoxy) is 1. The van der Waals surface area contributed by atoms with Crippen molar-refractivity contribution in [3.63, 3.8) is 0 Å². The molecule has 0 spiro atoms. The molecule has 2 saturated heterocycles. The first-order chi connectivity index (χ1) is 14.0. The number of nitrogens with one attached hydrogen (secondary N) is 1. The zero-order valence-corrected chi connectivity index (χ0v) is 17.4. The number of rotatable bonds is 7. The number of carbonyl (C=O) groups excluding carboxylic acids is 3. The van der Waals surface area contributed by atoms with E-state index in [1.54, 1.807) is 4.90 Å². The number of hydrogen-bond acceptors (Lipinski definition) is 5. The van der Waals surface area contributed by atoms with Crippen molar-refractivity contribution in [2.24, 2.45) is 0 Å². The minimum absolute atomic E-state index is 0.200. The molecule has 0 aromatic heterocycles. The van der Waals surface area contributed by atoms with Gasteiger partial charge in [0.2, 0.25) is 5.91 Å². The van der Waals surface area contributed by atoms with E-state index in [0.717, 1.165) is 16.3 Å². The van der Waals surface area contributed by atoms with E-state index in [4.69, 9.17) is 4.74 Å². The van der Waals surface area contributed by atoms with Crippen LogP contribution in [0.1, 0.15) is 33.6 Å². The number of amides is 4. The van der Waals surface area contributed by atoms with Crippen molar-refractivity contribution in [3.05, 3.63) is 24.3 Å². The molecule has 2 aliphatic rings. The molecule has 1 aromatic rings. The van der Waals surface area contributed by atoms with Crippen LogP contribution in [0.2, 0.25) is 0 Å². The second-order valence-electron chi connectivity index (χ2n) is 7.38. The highest BCUT2D eigenvalue weighted by molar-refractivity contribution is 6.09. The van der Waals surface area contributed by atoms with E-state index >= 15 is 0 Å². The van der Waals surface area contributed by atoms with Crippen LogP contribution in [0.3, 0.4) is 0 Å². The van der Waals surface area contributed by atoms with E-state index in [1.165, 1.54) is 0 Å². The van der Waals surface area contributed by atoms with Gasteiger partial charge in [-0.15, -0.1) is 0 Å². The highest BCUT2D eigenvalue weighted by Gasteiger charge is 2.49. The minimum Gasteiger partial charge on any atom is -0.492 e. The Morgan fingerprint density at radius 3 is 2.31 bits per heavy atom. The Bertz CT molecular complexity index is 770. The van der Waals surface area contributed by atoms with Crippen LogP contribution in [-0.4, -0.2) is 72.5 Å². The summed E-state index contributed by atoms with van der Waals surface area (Å²) in [5.41, 5.74) is 0.144. The summed E-state index contributed by atoms with van der Waals surface area (Å²) in [7, 11) is 0. The summed E-state index contributed by atoms with van der Waals surface area (Å²) in [4.78, 5) is 42.7. The molecule has 1 aromatic carbocycles. The summed E-state index contributed by atoms with van der Waals surface area (Å²) in [6.45, 7) is 8.49. The maximum Gasteiger partial charge on any atom is 0.325 e. The lowest BCUT2D eigenvalue weighted by Gasteiger charge is -2.37. The van der Waals surface area contributed by atoms with Gasteiger partial charge in [0.05, 0.1) is 12.3 Å². The fraction of sp³-hybridized carbons (Fsp3) is 0.571. The van der Waals surface area contributed by atoms with Crippen molar-refractivity contribution < 1.29 is 19.1 Å². The molecule has 2 fully saturated rings. The highest BCUT2D eigenvalue weighted by Crippen LogP contribution is 2.29. The number of carbonyl (C=O) groups is 3. The van der Waals surface area contributed by atoms with Gasteiger partial charge in [0, 0.05) is 26.2 Å². The van der Waals surface area contributed by atoms with Crippen molar-refractivity contribution in [3.8, 4) is 5.75 Å². The number of nitrogens with zero attached hydrogens (tertiary/aromatic N) is 3. The largest absolute Gasteiger partial charge is 0.492 e. The Morgan fingerprint density at radius 1 is 1.07 bits per heavy atom. The first kappa shape index (κ1) is 21.0. The zero-order chi connectivity index (χ0) is 21.0. The summed E-state index contributed by atoms with van der Waals surface area (Å²) in [6, 6.07) is 7.41. The first-order valence-electron chi connectivity index (χ1n) is 10.3. The Morgan fingerprint density at radius 2 is 1.72 bits per heavy atom. The predicted octanol–water partition coefficient (Wildman–Crippen LogP) is 1.84. The second-order valence-corrected chi connectivity index (χ2v) is 7.38. The molecule has 1 N–H and O–H groups in total. The lowest BCUT2D eigenvalue weighted by molar-refractivity contribution is -0.139. The minimum atomic E-state index is -0.876. The molecular weight excluding hydrogens is 372 g/mol. The van der Waals surface area contributed by atoms with E-state index in [2.05, 4.69) is 10.2 Å². The van der Waals surface area contributed by atoms with Crippen molar-refractivity contribution in [1.82, 2.24) is 15.1 Å². The van der Waals surface area contributed by atoms with Gasteiger partial charge in [0.25, 0.3) is 5.91 Å². The zero-order valence-electron chi connectivity index (χ0n) is 17.4. The molecule has 0 bridgehead atoms. The molecule has 8 nitrogen and oxygen atoms in total. The Labute approximate surface area is 171 Å². The second kappa shape index (κ2) is 8.71. The van der Waals surface area contributed by atoms with Crippen LogP contribution >= 0.6 is 0 Å². The third kappa shape index (κ3) is 4.02. The van der Waals surface area contributed by atoms with E-state index in [0.29, 0.717) is 45.6 Å². The molecule has 29 heavy (non-hydrogen) atoms. The third-order valence-electron chi connectivity index (χ3n) is 5.88. The smallest absolute Gasteiger partial charge is 0.325 e. The van der Waals surface area contributed by atoms with E-state index in [1.807, 2.05) is 45.0 Å². The SMILES string of the molecule is CCOc1ccccc1N1CCN(C(=O)CN2C(=O)NC(CC)(CC)C2=O)CC1. The summed E-state index contributed by atoms with van der Waals surface area (Å²) >= 11 is 0. The highest BCUT2D eigenvalue weighted by atomic mass is 16.5. The van der Waals surface area contributed by atoms with Crippen molar-refractivity contribution in [2.75, 3.05) is 44.2 Å². The van der Waals surface area contributed by atoms with Gasteiger partial charge in [-0.05, 0) is 31.9 Å². The molecule has 158 valence electrons. The summed E-state index contributed by atoms with van der Waals surface area (Å²) < 4.78 is 5.71.